The maximum Gasteiger partial charge on any atom is 0.271 e. The van der Waals surface area contributed by atoms with E-state index in [1.807, 2.05) is 36.4 Å². The molecule has 0 saturated carbocycles. The zero-order valence-electron chi connectivity index (χ0n) is 18.6. The molecule has 0 spiro atoms. The van der Waals surface area contributed by atoms with Crippen molar-refractivity contribution in [2.45, 2.75) is 25.3 Å². The first-order valence-electron chi connectivity index (χ1n) is 10.9. The summed E-state index contributed by atoms with van der Waals surface area (Å²) in [6.45, 7) is 2.73. The molecular weight excluding hydrogens is 455 g/mol. The standard InChI is InChI=1S/C27H25FN2O3.ClH/c1-2-23(18-7-4-3-5-8-18)29-16-22(17-11-13-20(28)14-12-17)19-9-6-10-21(15-19)30-24-25(31)27(33)26(24)32;/h3-15,22-23,29-31H,2,16H2,1H3;1H/t22?,23-;/m1./s1. The molecule has 1 unspecified atom stereocenters. The first-order chi connectivity index (χ1) is 16.0. The average Bonchev–Trinajstić information content (AvgIpc) is 2.86. The third kappa shape index (κ3) is 5.35. The normalized spacial score (nSPS) is 12.6. The van der Waals surface area contributed by atoms with Gasteiger partial charge in [-0.25, -0.2) is 4.39 Å². The average molecular weight is 481 g/mol. The molecule has 0 bridgehead atoms. The van der Waals surface area contributed by atoms with Crippen molar-refractivity contribution in [1.82, 2.24) is 5.32 Å². The molecule has 7 heteroatoms. The first kappa shape index (κ1) is 25.1. The van der Waals surface area contributed by atoms with Gasteiger partial charge in [0.1, 0.15) is 11.5 Å². The SMILES string of the molecule is CC[C@@H](NCC(c1ccc(F)cc1)c1cccc(Nc2c(O)c(=O)c2=O)c1)c1ccccc1.Cl. The van der Waals surface area contributed by atoms with E-state index in [1.165, 1.54) is 17.7 Å². The lowest BCUT2D eigenvalue weighted by Gasteiger charge is -2.24. The minimum Gasteiger partial charge on any atom is -0.502 e. The highest BCUT2D eigenvalue weighted by Crippen LogP contribution is 2.29. The van der Waals surface area contributed by atoms with Gasteiger partial charge in [0.2, 0.25) is 0 Å². The number of anilines is 2. The lowest BCUT2D eigenvalue weighted by atomic mass is 9.90. The maximum absolute atomic E-state index is 13.6. The Hall–Kier alpha value is -3.48. The van der Waals surface area contributed by atoms with Crippen LogP contribution in [0.1, 0.15) is 42.0 Å². The van der Waals surface area contributed by atoms with Crippen LogP contribution in [0.2, 0.25) is 0 Å². The van der Waals surface area contributed by atoms with E-state index in [2.05, 4.69) is 29.7 Å². The fraction of sp³-hybridized carbons (Fsp3) is 0.185. The predicted octanol–water partition coefficient (Wildman–Crippen LogP) is 5.17. The second-order valence-corrected chi connectivity index (χ2v) is 8.02. The van der Waals surface area contributed by atoms with Crippen LogP contribution in [0.5, 0.6) is 5.75 Å². The Morgan fingerprint density at radius 2 is 1.53 bits per heavy atom. The van der Waals surface area contributed by atoms with E-state index in [0.717, 1.165) is 17.5 Å². The van der Waals surface area contributed by atoms with Gasteiger partial charge >= 0.3 is 0 Å². The third-order valence-corrected chi connectivity index (χ3v) is 5.89. The molecule has 34 heavy (non-hydrogen) atoms. The van der Waals surface area contributed by atoms with Gasteiger partial charge in [0.25, 0.3) is 10.9 Å². The molecule has 0 saturated heterocycles. The molecule has 0 amide bonds. The van der Waals surface area contributed by atoms with Gasteiger partial charge < -0.3 is 15.7 Å². The molecule has 0 heterocycles. The van der Waals surface area contributed by atoms with Crippen LogP contribution in [0.25, 0.3) is 0 Å². The molecule has 3 N–H and O–H groups in total. The molecule has 4 rings (SSSR count). The topological polar surface area (TPSA) is 78.4 Å². The van der Waals surface area contributed by atoms with Crippen LogP contribution in [0.4, 0.5) is 15.8 Å². The van der Waals surface area contributed by atoms with Crippen molar-refractivity contribution in [3.05, 3.63) is 122 Å². The maximum atomic E-state index is 13.6. The number of rotatable bonds is 9. The van der Waals surface area contributed by atoms with Gasteiger partial charge in [-0.15, -0.1) is 12.4 Å². The molecule has 0 radical (unpaired) electrons. The number of hydrogen-bond donors (Lipinski definition) is 3. The number of benzene rings is 3. The lowest BCUT2D eigenvalue weighted by Crippen LogP contribution is -2.32. The van der Waals surface area contributed by atoms with Gasteiger partial charge in [-0.2, -0.15) is 0 Å². The number of halogens is 2. The van der Waals surface area contributed by atoms with Gasteiger partial charge in [-0.05, 0) is 47.4 Å². The quantitative estimate of drug-likeness (QED) is 0.288. The van der Waals surface area contributed by atoms with Crippen LogP contribution in [0, 0.1) is 5.82 Å². The smallest absolute Gasteiger partial charge is 0.271 e. The molecule has 0 aliphatic carbocycles. The zero-order valence-corrected chi connectivity index (χ0v) is 19.4. The van der Waals surface area contributed by atoms with Gasteiger partial charge in [0.15, 0.2) is 5.75 Å². The summed E-state index contributed by atoms with van der Waals surface area (Å²) in [7, 11) is 0. The van der Waals surface area contributed by atoms with Crippen LogP contribution in [0.3, 0.4) is 0 Å². The van der Waals surface area contributed by atoms with Crippen LogP contribution < -0.4 is 21.5 Å². The Kier molecular flexibility index (Phi) is 8.21. The summed E-state index contributed by atoms with van der Waals surface area (Å²) in [4.78, 5) is 23.0. The Labute approximate surface area is 203 Å². The second-order valence-electron chi connectivity index (χ2n) is 8.02. The highest BCUT2D eigenvalue weighted by atomic mass is 35.5. The monoisotopic (exact) mass is 480 g/mol. The number of aromatic hydroxyl groups is 1. The third-order valence-electron chi connectivity index (χ3n) is 5.89. The van der Waals surface area contributed by atoms with Crippen molar-refractivity contribution in [1.29, 1.82) is 0 Å². The highest BCUT2D eigenvalue weighted by Gasteiger charge is 2.21. The van der Waals surface area contributed by atoms with E-state index < -0.39 is 16.6 Å². The molecule has 176 valence electrons. The van der Waals surface area contributed by atoms with Crippen LogP contribution >= 0.6 is 12.4 Å². The Bertz CT molecular complexity index is 1300. The van der Waals surface area contributed by atoms with Gasteiger partial charge in [0.05, 0.1) is 0 Å². The summed E-state index contributed by atoms with van der Waals surface area (Å²) in [6.07, 6.45) is 0.908. The summed E-state index contributed by atoms with van der Waals surface area (Å²) in [5.74, 6) is -0.936. The molecule has 4 aromatic rings. The van der Waals surface area contributed by atoms with Crippen LogP contribution in [-0.2, 0) is 0 Å². The van der Waals surface area contributed by atoms with E-state index in [-0.39, 0.29) is 35.9 Å². The van der Waals surface area contributed by atoms with E-state index in [1.54, 1.807) is 18.2 Å². The van der Waals surface area contributed by atoms with E-state index in [0.29, 0.717) is 12.2 Å². The van der Waals surface area contributed by atoms with Crippen molar-refractivity contribution in [2.24, 2.45) is 0 Å². The van der Waals surface area contributed by atoms with E-state index in [4.69, 9.17) is 0 Å². The van der Waals surface area contributed by atoms with Crippen LogP contribution in [-0.4, -0.2) is 11.7 Å². The van der Waals surface area contributed by atoms with Crippen molar-refractivity contribution in [2.75, 3.05) is 11.9 Å². The molecule has 5 nitrogen and oxygen atoms in total. The fourth-order valence-corrected chi connectivity index (χ4v) is 4.04. The molecule has 2 atom stereocenters. The summed E-state index contributed by atoms with van der Waals surface area (Å²) < 4.78 is 13.6. The highest BCUT2D eigenvalue weighted by molar-refractivity contribution is 5.85. The summed E-state index contributed by atoms with van der Waals surface area (Å²) in [5, 5.41) is 16.2. The Morgan fingerprint density at radius 3 is 2.18 bits per heavy atom. The van der Waals surface area contributed by atoms with E-state index in [9.17, 15) is 19.1 Å². The van der Waals surface area contributed by atoms with E-state index >= 15 is 0 Å². The molecule has 0 aliphatic heterocycles. The molecular formula is C27H26ClFN2O3. The minimum atomic E-state index is -0.881. The largest absolute Gasteiger partial charge is 0.502 e. The summed E-state index contributed by atoms with van der Waals surface area (Å²) in [6, 6.07) is 24.2. The summed E-state index contributed by atoms with van der Waals surface area (Å²) in [5.41, 5.74) is 1.96. The summed E-state index contributed by atoms with van der Waals surface area (Å²) >= 11 is 0. The van der Waals surface area contributed by atoms with Crippen LogP contribution in [0.15, 0.2) is 88.5 Å². The van der Waals surface area contributed by atoms with Gasteiger partial charge in [-0.1, -0.05) is 61.5 Å². The second kappa shape index (κ2) is 11.1. The first-order valence-corrected chi connectivity index (χ1v) is 10.9. The molecule has 0 fully saturated rings. The molecule has 0 aromatic heterocycles. The number of nitrogens with one attached hydrogen (secondary N) is 2. The van der Waals surface area contributed by atoms with Gasteiger partial charge in [0, 0.05) is 24.2 Å². The predicted molar refractivity (Wildman–Crippen MR) is 136 cm³/mol. The zero-order chi connectivity index (χ0) is 23.4. The molecule has 0 aliphatic rings. The lowest BCUT2D eigenvalue weighted by molar-refractivity contribution is 0.466. The van der Waals surface area contributed by atoms with Crippen molar-refractivity contribution >= 4 is 23.8 Å². The number of hydrogen-bond acceptors (Lipinski definition) is 5. The van der Waals surface area contributed by atoms with Crippen molar-refractivity contribution < 1.29 is 9.50 Å². The van der Waals surface area contributed by atoms with Crippen molar-refractivity contribution in [3.63, 3.8) is 0 Å². The Balaban J connectivity index is 0.00000324. The Morgan fingerprint density at radius 1 is 0.853 bits per heavy atom. The van der Waals surface area contributed by atoms with Crippen molar-refractivity contribution in [3.8, 4) is 5.75 Å². The minimum absolute atomic E-state index is 0. The van der Waals surface area contributed by atoms with Gasteiger partial charge in [-0.3, -0.25) is 9.59 Å². The molecule has 4 aromatic carbocycles. The fourth-order valence-electron chi connectivity index (χ4n) is 4.04.